The fourth-order valence-corrected chi connectivity index (χ4v) is 7.38. The molecule has 1 unspecified atom stereocenters. The van der Waals surface area contributed by atoms with E-state index in [1.165, 1.54) is 116 Å². The van der Waals surface area contributed by atoms with Crippen LogP contribution in [0.15, 0.2) is 60.8 Å². The Labute approximate surface area is 368 Å². The Kier molecular flexibility index (Phi) is 44.5. The number of phosphoric ester groups is 1. The summed E-state index contributed by atoms with van der Waals surface area (Å²) in [6, 6.07) is 0. The molecule has 0 aliphatic heterocycles. The van der Waals surface area contributed by atoms with Gasteiger partial charge in [-0.15, -0.1) is 0 Å². The number of hydrogen-bond donors (Lipinski definition) is 2. The van der Waals surface area contributed by atoms with Crippen LogP contribution >= 0.6 is 7.82 Å². The average molecular weight is 864 g/mol. The summed E-state index contributed by atoms with van der Waals surface area (Å²) in [5.41, 5.74) is 5.36. The predicted octanol–water partition coefficient (Wildman–Crippen LogP) is 14.4. The number of hydrogen-bond acceptors (Lipinski definition) is 8. The third-order valence-corrected chi connectivity index (χ3v) is 11.2. The topological polar surface area (TPSA) is 134 Å². The van der Waals surface area contributed by atoms with Gasteiger partial charge in [-0.3, -0.25) is 18.6 Å². The number of phosphoric acid groups is 1. The van der Waals surface area contributed by atoms with Gasteiger partial charge in [0, 0.05) is 19.4 Å². The Balaban J connectivity index is 4.12. The Hall–Kier alpha value is -2.29. The van der Waals surface area contributed by atoms with Crippen molar-refractivity contribution in [3.8, 4) is 0 Å². The molecule has 0 bridgehead atoms. The molecule has 3 N–H and O–H groups in total. The lowest BCUT2D eigenvalue weighted by molar-refractivity contribution is -0.161. The highest BCUT2D eigenvalue weighted by atomic mass is 31.2. The first-order valence-corrected chi connectivity index (χ1v) is 25.8. The summed E-state index contributed by atoms with van der Waals surface area (Å²) in [6.07, 6.45) is 55.6. The van der Waals surface area contributed by atoms with Gasteiger partial charge in [-0.2, -0.15) is 0 Å². The van der Waals surface area contributed by atoms with Crippen LogP contribution in [0, 0.1) is 0 Å². The van der Waals surface area contributed by atoms with Crippen molar-refractivity contribution >= 4 is 19.8 Å². The van der Waals surface area contributed by atoms with E-state index in [1.54, 1.807) is 0 Å². The third-order valence-electron chi connectivity index (χ3n) is 10.2. The molecule has 0 rings (SSSR count). The highest BCUT2D eigenvalue weighted by molar-refractivity contribution is 7.47. The van der Waals surface area contributed by atoms with Crippen molar-refractivity contribution in [1.29, 1.82) is 0 Å². The molecule has 0 saturated carbocycles. The number of unbranched alkanes of at least 4 members (excludes halogenated alkanes) is 22. The maximum absolute atomic E-state index is 12.6. The van der Waals surface area contributed by atoms with Gasteiger partial charge in [0.15, 0.2) is 6.10 Å². The summed E-state index contributed by atoms with van der Waals surface area (Å²) in [7, 11) is -4.39. The van der Waals surface area contributed by atoms with Crippen LogP contribution in [0.2, 0.25) is 0 Å². The van der Waals surface area contributed by atoms with Gasteiger partial charge in [-0.1, -0.05) is 209 Å². The number of carbonyl (C=O) groups excluding carboxylic acids is 2. The van der Waals surface area contributed by atoms with E-state index in [9.17, 15) is 19.0 Å². The summed E-state index contributed by atoms with van der Waals surface area (Å²) in [5.74, 6) is -0.892. The zero-order valence-corrected chi connectivity index (χ0v) is 39.3. The summed E-state index contributed by atoms with van der Waals surface area (Å²) in [4.78, 5) is 35.0. The van der Waals surface area contributed by atoms with Gasteiger partial charge >= 0.3 is 19.8 Å². The van der Waals surface area contributed by atoms with Gasteiger partial charge in [-0.05, 0) is 51.4 Å². The summed E-state index contributed by atoms with van der Waals surface area (Å²) < 4.78 is 32.8. The number of nitrogens with two attached hydrogens (primary N) is 1. The number of allylic oxidation sites excluding steroid dienone is 10. The van der Waals surface area contributed by atoms with E-state index in [0.717, 1.165) is 57.8 Å². The Bertz CT molecular complexity index is 1170. The van der Waals surface area contributed by atoms with Gasteiger partial charge in [0.1, 0.15) is 6.61 Å². The largest absolute Gasteiger partial charge is 0.472 e. The average Bonchev–Trinajstić information content (AvgIpc) is 3.24. The van der Waals surface area contributed by atoms with Crippen LogP contribution in [-0.4, -0.2) is 49.3 Å². The Morgan fingerprint density at radius 3 is 1.35 bits per heavy atom. The van der Waals surface area contributed by atoms with Gasteiger partial charge in [0.05, 0.1) is 13.2 Å². The first kappa shape index (κ1) is 57.7. The van der Waals surface area contributed by atoms with Gasteiger partial charge in [0.25, 0.3) is 0 Å². The van der Waals surface area contributed by atoms with Crippen LogP contribution in [0.3, 0.4) is 0 Å². The minimum absolute atomic E-state index is 0.0447. The number of esters is 2. The molecule has 9 nitrogen and oxygen atoms in total. The second-order valence-electron chi connectivity index (χ2n) is 16.0. The third kappa shape index (κ3) is 45.2. The minimum Gasteiger partial charge on any atom is -0.462 e. The molecule has 0 aromatic rings. The predicted molar refractivity (Wildman–Crippen MR) is 252 cm³/mol. The molecule has 0 amide bonds. The van der Waals surface area contributed by atoms with E-state index in [1.807, 2.05) is 6.08 Å². The molecule has 10 heteroatoms. The van der Waals surface area contributed by atoms with Crippen LogP contribution in [0.5, 0.6) is 0 Å². The van der Waals surface area contributed by atoms with Gasteiger partial charge in [-0.25, -0.2) is 4.57 Å². The molecule has 0 fully saturated rings. The highest BCUT2D eigenvalue weighted by Gasteiger charge is 2.26. The smallest absolute Gasteiger partial charge is 0.462 e. The lowest BCUT2D eigenvalue weighted by Gasteiger charge is -2.19. The summed E-state index contributed by atoms with van der Waals surface area (Å²) in [6.45, 7) is 3.58. The van der Waals surface area contributed by atoms with Crippen LogP contribution < -0.4 is 5.73 Å². The van der Waals surface area contributed by atoms with E-state index in [4.69, 9.17) is 24.3 Å². The molecule has 2 atom stereocenters. The molecule has 60 heavy (non-hydrogen) atoms. The van der Waals surface area contributed by atoms with E-state index >= 15 is 0 Å². The number of carbonyl (C=O) groups is 2. The van der Waals surface area contributed by atoms with Crippen molar-refractivity contribution in [1.82, 2.24) is 0 Å². The maximum Gasteiger partial charge on any atom is 0.472 e. The van der Waals surface area contributed by atoms with Crippen LogP contribution in [0.25, 0.3) is 0 Å². The quantitative estimate of drug-likeness (QED) is 0.0265. The van der Waals surface area contributed by atoms with Crippen molar-refractivity contribution in [3.05, 3.63) is 60.8 Å². The monoisotopic (exact) mass is 864 g/mol. The second-order valence-corrected chi connectivity index (χ2v) is 17.4. The summed E-state index contributed by atoms with van der Waals surface area (Å²) in [5, 5.41) is 0. The first-order valence-electron chi connectivity index (χ1n) is 24.3. The lowest BCUT2D eigenvalue weighted by atomic mass is 10.0. The molecule has 0 aliphatic rings. The normalized spacial score (nSPS) is 13.7. The van der Waals surface area contributed by atoms with Crippen LogP contribution in [0.4, 0.5) is 0 Å². The van der Waals surface area contributed by atoms with Gasteiger partial charge in [0.2, 0.25) is 0 Å². The molecule has 0 saturated heterocycles. The molecule has 0 heterocycles. The fraction of sp³-hybridized carbons (Fsp3) is 0.760. The molecule has 0 aliphatic carbocycles. The van der Waals surface area contributed by atoms with Crippen molar-refractivity contribution < 1.29 is 37.6 Å². The van der Waals surface area contributed by atoms with E-state index in [-0.39, 0.29) is 32.6 Å². The van der Waals surface area contributed by atoms with Crippen molar-refractivity contribution in [2.24, 2.45) is 5.73 Å². The number of rotatable bonds is 45. The highest BCUT2D eigenvalue weighted by Crippen LogP contribution is 2.43. The first-order chi connectivity index (χ1) is 29.3. The van der Waals surface area contributed by atoms with Gasteiger partial charge < -0.3 is 20.1 Å². The standard InChI is InChI=1S/C50H90NO8P/c1-3-5-7-9-11-13-15-17-19-21-22-23-24-25-27-29-31-33-35-37-39-41-43-50(53)59-48(47-58-60(54,55)57-45-44-51)46-56-49(52)42-40-38-36-34-32-30-28-26-20-18-16-14-12-10-8-6-4-2/h6,8,12,14,18,20,28,30,34,36,48H,3-5,7,9-11,13,15-17,19,21-27,29,31-33,35,37-47,51H2,1-2H3,(H,54,55)/b8-6+,14-12+,20-18+,30-28+,36-34+/t48-/m1/s1. The second kappa shape index (κ2) is 46.2. The lowest BCUT2D eigenvalue weighted by Crippen LogP contribution is -2.29. The van der Waals surface area contributed by atoms with Crippen molar-refractivity contribution in [2.45, 2.75) is 219 Å². The maximum atomic E-state index is 12.6. The summed E-state index contributed by atoms with van der Waals surface area (Å²) >= 11 is 0. The van der Waals surface area contributed by atoms with Crippen LogP contribution in [-0.2, 0) is 32.7 Å². The Morgan fingerprint density at radius 1 is 0.517 bits per heavy atom. The van der Waals surface area contributed by atoms with Crippen LogP contribution in [0.1, 0.15) is 213 Å². The molecule has 0 spiro atoms. The molecular weight excluding hydrogens is 774 g/mol. The Morgan fingerprint density at radius 2 is 0.917 bits per heavy atom. The molecule has 0 aromatic heterocycles. The molecule has 0 aromatic carbocycles. The zero-order valence-electron chi connectivity index (χ0n) is 38.4. The molecule has 0 radical (unpaired) electrons. The number of ether oxygens (including phenoxy) is 2. The molecule has 348 valence electrons. The zero-order chi connectivity index (χ0) is 43.9. The fourth-order valence-electron chi connectivity index (χ4n) is 6.61. The minimum atomic E-state index is -4.39. The van der Waals surface area contributed by atoms with Crippen molar-refractivity contribution in [3.63, 3.8) is 0 Å². The molecular formula is C50H90NO8P. The van der Waals surface area contributed by atoms with E-state index < -0.39 is 32.5 Å². The van der Waals surface area contributed by atoms with Crippen molar-refractivity contribution in [2.75, 3.05) is 26.4 Å². The van der Waals surface area contributed by atoms with E-state index in [0.29, 0.717) is 12.8 Å². The van der Waals surface area contributed by atoms with E-state index in [2.05, 4.69) is 68.5 Å². The SMILES string of the molecule is CC/C=C/C/C=C/C/C=C/C/C=C/C/C=C/CCCC(=O)OC[C@H](COP(=O)(O)OCCN)OC(=O)CCCCCCCCCCCCCCCCCCCCCCCC.